The predicted molar refractivity (Wildman–Crippen MR) is 244 cm³/mol. The number of aromatic nitrogens is 2. The number of hydrogen-bond donors (Lipinski definition) is 3. The van der Waals surface area contributed by atoms with E-state index < -0.39 is 35.4 Å². The number of aliphatic hydroxyl groups is 1. The van der Waals surface area contributed by atoms with Gasteiger partial charge in [0.15, 0.2) is 0 Å². The van der Waals surface area contributed by atoms with Crippen molar-refractivity contribution in [2.24, 2.45) is 5.41 Å². The van der Waals surface area contributed by atoms with Gasteiger partial charge in [0.2, 0.25) is 17.7 Å². The standard InChI is InChI=1S/C48H60N6O7S/c1-32-44(62-31-50-32)35-11-9-33(10-12-35)21-22-49-46(57)42-28-38(55)29-54(42)47(58)45(48(2,3)4)52-43(56)30-60-25-7-23-59-24-8-26-61-39-18-20-41-36(27-39)15-19-40(51-41)34-13-16-37(17-14-34)53(5)6/h9-20,27,31,38,42,45,55H,7-8,21-26,28-30H2,1-6H3,(H,49,57)(H,52,56)/t38-,42-,45+/m0/s1. The number of benzene rings is 3. The lowest BCUT2D eigenvalue weighted by atomic mass is 9.85. The normalized spacial score (nSPS) is 15.7. The van der Waals surface area contributed by atoms with Gasteiger partial charge in [-0.2, -0.15) is 0 Å². The van der Waals surface area contributed by atoms with Crippen molar-refractivity contribution >= 4 is 45.6 Å². The Morgan fingerprint density at radius 3 is 2.32 bits per heavy atom. The van der Waals surface area contributed by atoms with Crippen LogP contribution in [0.5, 0.6) is 5.75 Å². The molecule has 62 heavy (non-hydrogen) atoms. The minimum Gasteiger partial charge on any atom is -0.493 e. The number of carbonyl (C=O) groups is 3. The van der Waals surface area contributed by atoms with Gasteiger partial charge in [-0.05, 0) is 72.7 Å². The first kappa shape index (κ1) is 46.1. The average molecular weight is 865 g/mol. The van der Waals surface area contributed by atoms with Crippen molar-refractivity contribution < 1.29 is 33.7 Å². The van der Waals surface area contributed by atoms with Gasteiger partial charge in [-0.1, -0.05) is 63.2 Å². The van der Waals surface area contributed by atoms with E-state index in [4.69, 9.17) is 19.2 Å². The summed E-state index contributed by atoms with van der Waals surface area (Å²) in [5.74, 6) is -0.403. The maximum absolute atomic E-state index is 13.9. The fourth-order valence-electron chi connectivity index (χ4n) is 7.34. The van der Waals surface area contributed by atoms with E-state index in [1.807, 2.05) is 83.7 Å². The summed E-state index contributed by atoms with van der Waals surface area (Å²) in [6, 6.07) is 24.8. The number of rotatable bonds is 20. The highest BCUT2D eigenvalue weighted by Crippen LogP contribution is 2.29. The molecule has 3 atom stereocenters. The zero-order chi connectivity index (χ0) is 44.2. The Bertz CT molecular complexity index is 2260. The van der Waals surface area contributed by atoms with E-state index in [0.717, 1.165) is 55.3 Å². The van der Waals surface area contributed by atoms with E-state index in [9.17, 15) is 19.5 Å². The average Bonchev–Trinajstić information content (AvgIpc) is 3.87. The van der Waals surface area contributed by atoms with E-state index in [1.165, 1.54) is 4.90 Å². The molecule has 0 spiro atoms. The summed E-state index contributed by atoms with van der Waals surface area (Å²) >= 11 is 1.60. The molecule has 0 aliphatic carbocycles. The Morgan fingerprint density at radius 2 is 1.63 bits per heavy atom. The number of amides is 3. The number of likely N-dealkylation sites (tertiary alicyclic amines) is 1. The molecular weight excluding hydrogens is 805 g/mol. The number of pyridine rings is 1. The highest BCUT2D eigenvalue weighted by Gasteiger charge is 2.44. The molecule has 0 radical (unpaired) electrons. The van der Waals surface area contributed by atoms with Crippen molar-refractivity contribution in [3.8, 4) is 27.4 Å². The van der Waals surface area contributed by atoms with Gasteiger partial charge < -0.3 is 39.8 Å². The molecular formula is C48H60N6O7S. The van der Waals surface area contributed by atoms with Crippen LogP contribution in [0.4, 0.5) is 5.69 Å². The lowest BCUT2D eigenvalue weighted by molar-refractivity contribution is -0.144. The van der Waals surface area contributed by atoms with Crippen LogP contribution < -0.4 is 20.3 Å². The molecule has 330 valence electrons. The predicted octanol–water partition coefficient (Wildman–Crippen LogP) is 6.44. The molecule has 5 aromatic rings. The Morgan fingerprint density at radius 1 is 0.919 bits per heavy atom. The number of thiazole rings is 1. The number of ether oxygens (including phenoxy) is 3. The number of aryl methyl sites for hydroxylation is 1. The minimum atomic E-state index is -0.929. The molecule has 6 rings (SSSR count). The number of β-amino-alcohol motifs (C(OH)–C–C–N with tert-alkyl or cyclic N) is 1. The van der Waals surface area contributed by atoms with Crippen LogP contribution in [-0.2, 0) is 30.3 Å². The van der Waals surface area contributed by atoms with Gasteiger partial charge in [-0.15, -0.1) is 11.3 Å². The molecule has 13 nitrogen and oxygen atoms in total. The summed E-state index contributed by atoms with van der Waals surface area (Å²) in [5, 5.41) is 17.3. The first-order valence-corrected chi connectivity index (χ1v) is 22.2. The van der Waals surface area contributed by atoms with Gasteiger partial charge in [0.1, 0.15) is 24.4 Å². The second-order valence-corrected chi connectivity index (χ2v) is 17.8. The third kappa shape index (κ3) is 12.6. The van der Waals surface area contributed by atoms with Crippen LogP contribution in [0.2, 0.25) is 0 Å². The third-order valence-electron chi connectivity index (χ3n) is 10.8. The van der Waals surface area contributed by atoms with Gasteiger partial charge in [0.05, 0.1) is 40.0 Å². The maximum Gasteiger partial charge on any atom is 0.246 e. The van der Waals surface area contributed by atoms with Crippen LogP contribution in [0, 0.1) is 12.3 Å². The van der Waals surface area contributed by atoms with Gasteiger partial charge in [0, 0.05) is 76.5 Å². The zero-order valence-corrected chi connectivity index (χ0v) is 37.5. The number of anilines is 1. The Kier molecular flexibility index (Phi) is 16.1. The molecule has 0 unspecified atom stereocenters. The zero-order valence-electron chi connectivity index (χ0n) is 36.7. The summed E-state index contributed by atoms with van der Waals surface area (Å²) < 4.78 is 17.3. The SMILES string of the molecule is Cc1ncsc1-c1ccc(CCNC(=O)[C@@H]2C[C@H](O)CN2C(=O)[C@@H](NC(=O)COCCCOCCCOc2ccc3nc(-c4ccc(N(C)C)cc4)ccc3c2)C(C)(C)C)cc1. The fourth-order valence-corrected chi connectivity index (χ4v) is 8.15. The highest BCUT2D eigenvalue weighted by atomic mass is 32.1. The second kappa shape index (κ2) is 21.6. The van der Waals surface area contributed by atoms with E-state index in [-0.39, 0.29) is 25.5 Å². The van der Waals surface area contributed by atoms with Crippen LogP contribution >= 0.6 is 11.3 Å². The summed E-state index contributed by atoms with van der Waals surface area (Å²) in [6.45, 7) is 9.50. The molecule has 3 aromatic carbocycles. The molecule has 3 amide bonds. The molecule has 3 N–H and O–H groups in total. The Hall–Kier alpha value is -5.41. The summed E-state index contributed by atoms with van der Waals surface area (Å²) in [7, 11) is 4.05. The van der Waals surface area contributed by atoms with E-state index >= 15 is 0 Å². The van der Waals surface area contributed by atoms with Crippen molar-refractivity contribution in [3.05, 3.63) is 95.6 Å². The van der Waals surface area contributed by atoms with Crippen molar-refractivity contribution in [3.63, 3.8) is 0 Å². The largest absolute Gasteiger partial charge is 0.493 e. The molecule has 14 heteroatoms. The molecule has 2 aromatic heterocycles. The Balaban J connectivity index is 0.858. The molecule has 1 saturated heterocycles. The van der Waals surface area contributed by atoms with E-state index in [2.05, 4.69) is 63.0 Å². The van der Waals surface area contributed by atoms with Crippen LogP contribution in [0.15, 0.2) is 84.4 Å². The molecule has 0 bridgehead atoms. The maximum atomic E-state index is 13.9. The fraction of sp³-hybridized carbons (Fsp3) is 0.438. The molecule has 1 aliphatic rings. The molecule has 1 fully saturated rings. The summed E-state index contributed by atoms with van der Waals surface area (Å²) in [5.41, 5.74) is 8.37. The van der Waals surface area contributed by atoms with Crippen molar-refractivity contribution in [1.82, 2.24) is 25.5 Å². The van der Waals surface area contributed by atoms with E-state index in [0.29, 0.717) is 52.2 Å². The number of nitrogens with zero attached hydrogens (tertiary/aromatic N) is 4. The number of fused-ring (bicyclic) bond motifs is 1. The van der Waals surface area contributed by atoms with Gasteiger partial charge in [-0.3, -0.25) is 14.4 Å². The van der Waals surface area contributed by atoms with Crippen LogP contribution in [-0.4, -0.2) is 116 Å². The molecule has 0 saturated carbocycles. The van der Waals surface area contributed by atoms with Gasteiger partial charge >= 0.3 is 0 Å². The monoisotopic (exact) mass is 864 g/mol. The summed E-state index contributed by atoms with van der Waals surface area (Å²) in [4.78, 5) is 54.0. The topological polar surface area (TPSA) is 155 Å². The van der Waals surface area contributed by atoms with Crippen LogP contribution in [0.25, 0.3) is 32.6 Å². The first-order chi connectivity index (χ1) is 29.8. The number of carbonyl (C=O) groups excluding carboxylic acids is 3. The minimum absolute atomic E-state index is 0.0103. The van der Waals surface area contributed by atoms with Gasteiger partial charge in [-0.25, -0.2) is 9.97 Å². The lowest BCUT2D eigenvalue weighted by Crippen LogP contribution is -2.58. The smallest absolute Gasteiger partial charge is 0.246 e. The highest BCUT2D eigenvalue weighted by molar-refractivity contribution is 7.13. The number of aliphatic hydroxyl groups excluding tert-OH is 1. The molecule has 3 heterocycles. The number of nitrogens with one attached hydrogen (secondary N) is 2. The molecule has 1 aliphatic heterocycles. The quantitative estimate of drug-likeness (QED) is 0.0745. The van der Waals surface area contributed by atoms with Crippen LogP contribution in [0.3, 0.4) is 0 Å². The van der Waals surface area contributed by atoms with Crippen molar-refractivity contribution in [2.45, 2.75) is 71.6 Å². The third-order valence-corrected chi connectivity index (χ3v) is 11.8. The van der Waals surface area contributed by atoms with Crippen molar-refractivity contribution in [2.75, 3.05) is 65.1 Å². The second-order valence-electron chi connectivity index (χ2n) is 17.0. The Labute approximate surface area is 368 Å². The first-order valence-electron chi connectivity index (χ1n) is 21.3. The van der Waals surface area contributed by atoms with Crippen LogP contribution in [0.1, 0.15) is 51.3 Å². The summed E-state index contributed by atoms with van der Waals surface area (Å²) in [6.07, 6.45) is 1.20. The number of hydrogen-bond acceptors (Lipinski definition) is 11. The van der Waals surface area contributed by atoms with E-state index in [1.54, 1.807) is 11.3 Å². The lowest BCUT2D eigenvalue weighted by Gasteiger charge is -2.35. The van der Waals surface area contributed by atoms with Gasteiger partial charge in [0.25, 0.3) is 0 Å². The van der Waals surface area contributed by atoms with Crippen molar-refractivity contribution in [1.29, 1.82) is 0 Å².